The first-order chi connectivity index (χ1) is 9.16. The van der Waals surface area contributed by atoms with E-state index >= 15 is 0 Å². The second kappa shape index (κ2) is 6.65. The molecule has 3 nitrogen and oxygen atoms in total. The molecule has 2 fully saturated rings. The zero-order chi connectivity index (χ0) is 13.4. The molecule has 2 saturated heterocycles. The summed E-state index contributed by atoms with van der Waals surface area (Å²) >= 11 is 7.49. The van der Waals surface area contributed by atoms with E-state index in [9.17, 15) is 4.79 Å². The van der Waals surface area contributed by atoms with E-state index in [1.54, 1.807) is 0 Å². The highest BCUT2D eigenvalue weighted by Gasteiger charge is 2.39. The molecule has 0 saturated carbocycles. The number of hydrogen-bond acceptors (Lipinski definition) is 3. The highest BCUT2D eigenvalue weighted by atomic mass is 35.5. The summed E-state index contributed by atoms with van der Waals surface area (Å²) in [6, 6.07) is 4.68. The van der Waals surface area contributed by atoms with Crippen molar-refractivity contribution in [3.8, 4) is 0 Å². The van der Waals surface area contributed by atoms with Crippen LogP contribution < -0.4 is 5.32 Å². The maximum atomic E-state index is 12.8. The molecule has 3 rings (SSSR count). The lowest BCUT2D eigenvalue weighted by molar-refractivity contribution is -0.135. The van der Waals surface area contributed by atoms with Gasteiger partial charge in [-0.25, -0.2) is 0 Å². The largest absolute Gasteiger partial charge is 0.335 e. The van der Waals surface area contributed by atoms with E-state index < -0.39 is 0 Å². The van der Waals surface area contributed by atoms with Crippen molar-refractivity contribution in [2.24, 2.45) is 0 Å². The minimum absolute atomic E-state index is 0. The second-order valence-electron chi connectivity index (χ2n) is 5.49. The van der Waals surface area contributed by atoms with E-state index in [0.717, 1.165) is 41.6 Å². The molecule has 1 N–H and O–H groups in total. The van der Waals surface area contributed by atoms with Gasteiger partial charge in [-0.3, -0.25) is 4.79 Å². The van der Waals surface area contributed by atoms with Crippen molar-refractivity contribution in [1.29, 1.82) is 0 Å². The molecule has 3 atom stereocenters. The normalized spacial score (nSPS) is 26.8. The molecule has 1 amide bonds. The Morgan fingerprint density at radius 1 is 1.40 bits per heavy atom. The molecule has 0 spiro atoms. The van der Waals surface area contributed by atoms with Gasteiger partial charge in [-0.1, -0.05) is 11.6 Å². The lowest BCUT2D eigenvalue weighted by atomic mass is 10.1. The predicted octanol–water partition coefficient (Wildman–Crippen LogP) is 3.28. The van der Waals surface area contributed by atoms with Crippen molar-refractivity contribution in [2.45, 2.75) is 44.2 Å². The molecule has 3 unspecified atom stereocenters. The number of rotatable bonds is 2. The van der Waals surface area contributed by atoms with Gasteiger partial charge in [0, 0.05) is 23.5 Å². The average Bonchev–Trinajstić information content (AvgIpc) is 2.90. The summed E-state index contributed by atoms with van der Waals surface area (Å²) in [6.45, 7) is 3.98. The summed E-state index contributed by atoms with van der Waals surface area (Å²) in [5.41, 5.74) is 0. The van der Waals surface area contributed by atoms with E-state index in [0.29, 0.717) is 12.1 Å². The number of hydrogen-bond donors (Lipinski definition) is 1. The van der Waals surface area contributed by atoms with Crippen molar-refractivity contribution in [3.63, 3.8) is 0 Å². The van der Waals surface area contributed by atoms with Crippen molar-refractivity contribution in [1.82, 2.24) is 10.2 Å². The summed E-state index contributed by atoms with van der Waals surface area (Å²) in [5, 5.41) is 3.43. The molecule has 112 valence electrons. The third-order valence-electron chi connectivity index (χ3n) is 4.30. The fourth-order valence-corrected chi connectivity index (χ4v) is 4.35. The Kier molecular flexibility index (Phi) is 5.35. The van der Waals surface area contributed by atoms with Crippen LogP contribution in [0.4, 0.5) is 0 Å². The van der Waals surface area contributed by atoms with Gasteiger partial charge < -0.3 is 10.2 Å². The molecular formula is C14H20Cl2N2OS. The number of nitrogens with one attached hydrogen (secondary N) is 1. The quantitative estimate of drug-likeness (QED) is 0.900. The molecule has 0 aromatic carbocycles. The van der Waals surface area contributed by atoms with Gasteiger partial charge in [0.1, 0.15) is 0 Å². The van der Waals surface area contributed by atoms with Gasteiger partial charge in [0.2, 0.25) is 5.91 Å². The second-order valence-corrected chi connectivity index (χ2v) is 7.23. The Balaban J connectivity index is 0.00000147. The van der Waals surface area contributed by atoms with Crippen molar-refractivity contribution in [2.75, 3.05) is 13.1 Å². The molecule has 2 aliphatic rings. The van der Waals surface area contributed by atoms with Gasteiger partial charge >= 0.3 is 0 Å². The zero-order valence-electron chi connectivity index (χ0n) is 11.5. The Morgan fingerprint density at radius 2 is 2.15 bits per heavy atom. The van der Waals surface area contributed by atoms with Crippen LogP contribution in [-0.4, -0.2) is 36.0 Å². The van der Waals surface area contributed by atoms with Gasteiger partial charge in [0.05, 0.1) is 10.3 Å². The Bertz CT molecular complexity index is 465. The molecule has 20 heavy (non-hydrogen) atoms. The van der Waals surface area contributed by atoms with Gasteiger partial charge in [-0.05, 0) is 44.9 Å². The molecule has 1 aromatic heterocycles. The molecule has 2 bridgehead atoms. The van der Waals surface area contributed by atoms with Crippen LogP contribution in [0.3, 0.4) is 0 Å². The Labute approximate surface area is 135 Å². The number of nitrogens with zero attached hydrogens (tertiary/aromatic N) is 1. The summed E-state index contributed by atoms with van der Waals surface area (Å²) < 4.78 is 0.759. The van der Waals surface area contributed by atoms with E-state index in [1.807, 2.05) is 19.1 Å². The molecule has 2 aliphatic heterocycles. The van der Waals surface area contributed by atoms with Gasteiger partial charge in [-0.2, -0.15) is 0 Å². The van der Waals surface area contributed by atoms with Crippen LogP contribution in [0, 0.1) is 0 Å². The number of halogens is 2. The van der Waals surface area contributed by atoms with Crippen LogP contribution in [-0.2, 0) is 4.79 Å². The lowest BCUT2D eigenvalue weighted by Gasteiger charge is -2.30. The minimum Gasteiger partial charge on any atom is -0.335 e. The molecule has 0 aliphatic carbocycles. The fraction of sp³-hybridized carbons (Fsp3) is 0.643. The molecule has 3 heterocycles. The number of carbonyl (C=O) groups excluding carboxylic acids is 1. The van der Waals surface area contributed by atoms with E-state index in [-0.39, 0.29) is 24.2 Å². The summed E-state index contributed by atoms with van der Waals surface area (Å²) in [4.78, 5) is 16.0. The smallest absolute Gasteiger partial charge is 0.231 e. The number of fused-ring (bicyclic) bond motifs is 2. The Hall–Kier alpha value is -0.290. The molecule has 1 aromatic rings. The highest BCUT2D eigenvalue weighted by Crippen LogP contribution is 2.34. The molecular weight excluding hydrogens is 315 g/mol. The van der Waals surface area contributed by atoms with Gasteiger partial charge in [0.25, 0.3) is 0 Å². The van der Waals surface area contributed by atoms with Crippen LogP contribution in [0.2, 0.25) is 4.34 Å². The SMILES string of the molecule is CC(C(=O)N1C2CCNCC1CC2)c1ccc(Cl)s1.Cl. The highest BCUT2D eigenvalue weighted by molar-refractivity contribution is 7.16. The monoisotopic (exact) mass is 334 g/mol. The first kappa shape index (κ1) is 16.1. The van der Waals surface area contributed by atoms with E-state index in [2.05, 4.69) is 10.2 Å². The van der Waals surface area contributed by atoms with Crippen LogP contribution >= 0.6 is 35.3 Å². The van der Waals surface area contributed by atoms with Gasteiger partial charge in [0.15, 0.2) is 0 Å². The molecule has 6 heteroatoms. The topological polar surface area (TPSA) is 32.3 Å². The lowest BCUT2D eigenvalue weighted by Crippen LogP contribution is -2.44. The third kappa shape index (κ3) is 2.98. The minimum atomic E-state index is -0.0706. The number of amides is 1. The summed E-state index contributed by atoms with van der Waals surface area (Å²) in [6.07, 6.45) is 3.39. The molecule has 0 radical (unpaired) electrons. The third-order valence-corrected chi connectivity index (χ3v) is 5.71. The zero-order valence-corrected chi connectivity index (χ0v) is 13.9. The summed E-state index contributed by atoms with van der Waals surface area (Å²) in [7, 11) is 0. The first-order valence-corrected chi connectivity index (χ1v) is 8.14. The maximum Gasteiger partial charge on any atom is 0.231 e. The van der Waals surface area contributed by atoms with E-state index in [4.69, 9.17) is 11.6 Å². The van der Waals surface area contributed by atoms with E-state index in [1.165, 1.54) is 11.3 Å². The predicted molar refractivity (Wildman–Crippen MR) is 86.1 cm³/mol. The van der Waals surface area contributed by atoms with Crippen LogP contribution in [0.5, 0.6) is 0 Å². The van der Waals surface area contributed by atoms with Crippen LogP contribution in [0.15, 0.2) is 12.1 Å². The number of thiophene rings is 1. The first-order valence-electron chi connectivity index (χ1n) is 6.95. The van der Waals surface area contributed by atoms with Crippen molar-refractivity contribution < 1.29 is 4.79 Å². The summed E-state index contributed by atoms with van der Waals surface area (Å²) in [5.74, 6) is 0.202. The fourth-order valence-electron chi connectivity index (χ4n) is 3.25. The van der Waals surface area contributed by atoms with Crippen molar-refractivity contribution >= 4 is 41.3 Å². The average molecular weight is 335 g/mol. The van der Waals surface area contributed by atoms with Gasteiger partial charge in [-0.15, -0.1) is 23.7 Å². The van der Waals surface area contributed by atoms with Crippen LogP contribution in [0.1, 0.15) is 37.0 Å². The number of carbonyl (C=O) groups is 1. The van der Waals surface area contributed by atoms with Crippen molar-refractivity contribution in [3.05, 3.63) is 21.3 Å². The Morgan fingerprint density at radius 3 is 2.85 bits per heavy atom. The van der Waals surface area contributed by atoms with Crippen LogP contribution in [0.25, 0.3) is 0 Å². The maximum absolute atomic E-state index is 12.8. The standard InChI is InChI=1S/C14H19ClN2OS.ClH/c1-9(12-4-5-13(15)19-12)14(18)17-10-2-3-11(17)8-16-7-6-10;/h4-5,9-11,16H,2-3,6-8H2,1H3;1H.